The normalized spacial score (nSPS) is 14.2. The van der Waals surface area contributed by atoms with Crippen molar-refractivity contribution in [2.75, 3.05) is 43.1 Å². The molecule has 0 unspecified atom stereocenters. The van der Waals surface area contributed by atoms with Crippen molar-refractivity contribution in [2.24, 2.45) is 0 Å². The summed E-state index contributed by atoms with van der Waals surface area (Å²) >= 11 is 1.89. The van der Waals surface area contributed by atoms with E-state index in [1.54, 1.807) is 12.1 Å². The minimum atomic E-state index is -0.278. The molecule has 1 amide bonds. The first-order valence-electron chi connectivity index (χ1n) is 8.74. The van der Waals surface area contributed by atoms with E-state index in [1.807, 2.05) is 41.8 Å². The number of thioether (sulfide) groups is 1. The Bertz CT molecular complexity index is 746. The minimum Gasteiger partial charge on any atom is -0.492 e. The first-order valence-corrected chi connectivity index (χ1v) is 9.89. The van der Waals surface area contributed by atoms with Gasteiger partial charge < -0.3 is 15.0 Å². The van der Waals surface area contributed by atoms with Gasteiger partial charge in [0.15, 0.2) is 0 Å². The number of halogens is 1. The number of hydrogen-bond donors (Lipinski definition) is 1. The van der Waals surface area contributed by atoms with Gasteiger partial charge in [-0.1, -0.05) is 6.07 Å². The number of nitrogens with zero attached hydrogens (tertiary/aromatic N) is 1. The van der Waals surface area contributed by atoms with Crippen LogP contribution in [0, 0.1) is 12.7 Å². The third-order valence-electron chi connectivity index (χ3n) is 4.36. The van der Waals surface area contributed by atoms with Crippen LogP contribution in [0.1, 0.15) is 15.9 Å². The monoisotopic (exact) mass is 374 g/mol. The Hall–Kier alpha value is -2.21. The number of carbonyl (C=O) groups is 1. The van der Waals surface area contributed by atoms with Gasteiger partial charge in [0.25, 0.3) is 5.91 Å². The Morgan fingerprint density at radius 3 is 2.65 bits per heavy atom. The summed E-state index contributed by atoms with van der Waals surface area (Å²) in [5, 5.41) is 3.32. The van der Waals surface area contributed by atoms with Gasteiger partial charge in [-0.2, -0.15) is 11.8 Å². The summed E-state index contributed by atoms with van der Waals surface area (Å²) in [5.41, 5.74) is 2.64. The van der Waals surface area contributed by atoms with Crippen LogP contribution in [0.25, 0.3) is 0 Å². The average Bonchev–Trinajstić information content (AvgIpc) is 2.68. The molecule has 0 radical (unpaired) electrons. The lowest BCUT2D eigenvalue weighted by Crippen LogP contribution is -2.38. The van der Waals surface area contributed by atoms with E-state index in [1.165, 1.54) is 12.1 Å². The molecule has 0 atom stereocenters. The Labute approximate surface area is 157 Å². The minimum absolute atomic E-state index is 0.106. The van der Waals surface area contributed by atoms with Crippen molar-refractivity contribution in [3.05, 3.63) is 59.4 Å². The van der Waals surface area contributed by atoms with Crippen LogP contribution in [0.4, 0.5) is 10.1 Å². The van der Waals surface area contributed by atoms with E-state index in [0.29, 0.717) is 18.9 Å². The van der Waals surface area contributed by atoms with Crippen LogP contribution in [0.5, 0.6) is 5.75 Å². The van der Waals surface area contributed by atoms with E-state index in [9.17, 15) is 9.18 Å². The molecule has 0 bridgehead atoms. The number of carbonyl (C=O) groups excluding carboxylic acids is 1. The van der Waals surface area contributed by atoms with Crippen LogP contribution in [-0.2, 0) is 0 Å². The van der Waals surface area contributed by atoms with Crippen LogP contribution in [-0.4, -0.2) is 48.6 Å². The SMILES string of the molecule is Cc1c(NCCOc2ccc(F)cc2)cccc1C(=O)N1CCSCC1. The van der Waals surface area contributed by atoms with Gasteiger partial charge in [-0.25, -0.2) is 4.39 Å². The molecule has 1 heterocycles. The van der Waals surface area contributed by atoms with Crippen LogP contribution in [0.3, 0.4) is 0 Å². The highest BCUT2D eigenvalue weighted by Gasteiger charge is 2.20. The second kappa shape index (κ2) is 8.94. The molecular formula is C20H23FN2O2S. The van der Waals surface area contributed by atoms with Gasteiger partial charge in [-0.05, 0) is 48.9 Å². The van der Waals surface area contributed by atoms with Crippen molar-refractivity contribution in [1.29, 1.82) is 0 Å². The lowest BCUT2D eigenvalue weighted by molar-refractivity contribution is 0.0771. The zero-order valence-corrected chi connectivity index (χ0v) is 15.7. The van der Waals surface area contributed by atoms with Crippen molar-refractivity contribution in [3.63, 3.8) is 0 Å². The molecule has 2 aromatic rings. The molecule has 1 N–H and O–H groups in total. The third kappa shape index (κ3) is 4.69. The fourth-order valence-corrected chi connectivity index (χ4v) is 3.78. The Kier molecular flexibility index (Phi) is 6.39. The molecule has 6 heteroatoms. The second-order valence-corrected chi connectivity index (χ2v) is 7.34. The van der Waals surface area contributed by atoms with E-state index in [2.05, 4.69) is 5.32 Å². The number of amides is 1. The number of hydrogen-bond acceptors (Lipinski definition) is 4. The fraction of sp³-hybridized carbons (Fsp3) is 0.350. The third-order valence-corrected chi connectivity index (χ3v) is 5.30. The van der Waals surface area contributed by atoms with Gasteiger partial charge in [0.05, 0.1) is 0 Å². The zero-order chi connectivity index (χ0) is 18.4. The molecule has 0 aliphatic carbocycles. The first kappa shape index (κ1) is 18.6. The molecule has 138 valence electrons. The molecule has 2 aromatic carbocycles. The smallest absolute Gasteiger partial charge is 0.254 e. The van der Waals surface area contributed by atoms with Crippen molar-refractivity contribution >= 4 is 23.4 Å². The molecule has 0 spiro atoms. The molecular weight excluding hydrogens is 351 g/mol. The highest BCUT2D eigenvalue weighted by molar-refractivity contribution is 7.99. The molecule has 1 fully saturated rings. The second-order valence-electron chi connectivity index (χ2n) is 6.11. The van der Waals surface area contributed by atoms with E-state index in [4.69, 9.17) is 4.74 Å². The molecule has 0 saturated carbocycles. The standard InChI is InChI=1S/C20H23FN2O2S/c1-15-18(20(24)23-10-13-26-14-11-23)3-2-4-19(15)22-9-12-25-17-7-5-16(21)6-8-17/h2-8,22H,9-14H2,1H3. The van der Waals surface area contributed by atoms with E-state index < -0.39 is 0 Å². The van der Waals surface area contributed by atoms with E-state index in [0.717, 1.165) is 41.4 Å². The van der Waals surface area contributed by atoms with Gasteiger partial charge in [0.1, 0.15) is 18.2 Å². The van der Waals surface area contributed by atoms with Crippen LogP contribution >= 0.6 is 11.8 Å². The quantitative estimate of drug-likeness (QED) is 0.781. The highest BCUT2D eigenvalue weighted by Crippen LogP contribution is 2.22. The van der Waals surface area contributed by atoms with Crippen molar-refractivity contribution in [2.45, 2.75) is 6.92 Å². The summed E-state index contributed by atoms with van der Waals surface area (Å²) in [5.74, 6) is 2.47. The van der Waals surface area contributed by atoms with Crippen LogP contribution in [0.15, 0.2) is 42.5 Å². The predicted octanol–water partition coefficient (Wildman–Crippen LogP) is 3.81. The molecule has 1 saturated heterocycles. The summed E-state index contributed by atoms with van der Waals surface area (Å²) in [4.78, 5) is 14.7. The zero-order valence-electron chi connectivity index (χ0n) is 14.8. The summed E-state index contributed by atoms with van der Waals surface area (Å²) in [6.45, 7) is 4.64. The van der Waals surface area contributed by atoms with Crippen molar-refractivity contribution in [1.82, 2.24) is 4.90 Å². The van der Waals surface area contributed by atoms with Crippen LogP contribution < -0.4 is 10.1 Å². The van der Waals surface area contributed by atoms with Gasteiger partial charge in [-0.3, -0.25) is 4.79 Å². The van der Waals surface area contributed by atoms with Gasteiger partial charge in [0.2, 0.25) is 0 Å². The highest BCUT2D eigenvalue weighted by atomic mass is 32.2. The molecule has 26 heavy (non-hydrogen) atoms. The molecule has 1 aliphatic heterocycles. The summed E-state index contributed by atoms with van der Waals surface area (Å²) < 4.78 is 18.5. The maximum atomic E-state index is 12.9. The molecule has 1 aliphatic rings. The first-order chi connectivity index (χ1) is 12.6. The molecule has 4 nitrogen and oxygen atoms in total. The van der Waals surface area contributed by atoms with Crippen LogP contribution in [0.2, 0.25) is 0 Å². The van der Waals surface area contributed by atoms with Gasteiger partial charge in [0, 0.05) is 42.4 Å². The number of rotatable bonds is 6. The maximum absolute atomic E-state index is 12.9. The van der Waals surface area contributed by atoms with E-state index >= 15 is 0 Å². The Balaban J connectivity index is 1.56. The topological polar surface area (TPSA) is 41.6 Å². The Morgan fingerprint density at radius 1 is 1.19 bits per heavy atom. The summed E-state index contributed by atoms with van der Waals surface area (Å²) in [7, 11) is 0. The van der Waals surface area contributed by atoms with E-state index in [-0.39, 0.29) is 11.7 Å². The van der Waals surface area contributed by atoms with Crippen molar-refractivity contribution in [3.8, 4) is 5.75 Å². The fourth-order valence-electron chi connectivity index (χ4n) is 2.88. The largest absolute Gasteiger partial charge is 0.492 e. The number of anilines is 1. The van der Waals surface area contributed by atoms with Crippen molar-refractivity contribution < 1.29 is 13.9 Å². The Morgan fingerprint density at radius 2 is 1.92 bits per heavy atom. The number of nitrogens with one attached hydrogen (secondary N) is 1. The predicted molar refractivity (Wildman–Crippen MR) is 105 cm³/mol. The number of benzene rings is 2. The maximum Gasteiger partial charge on any atom is 0.254 e. The van der Waals surface area contributed by atoms with Gasteiger partial charge in [-0.15, -0.1) is 0 Å². The number of ether oxygens (including phenoxy) is 1. The molecule has 3 rings (SSSR count). The summed E-state index contributed by atoms with van der Waals surface area (Å²) in [6.07, 6.45) is 0. The molecule has 0 aromatic heterocycles. The lowest BCUT2D eigenvalue weighted by atomic mass is 10.1. The lowest BCUT2D eigenvalue weighted by Gasteiger charge is -2.27. The summed E-state index contributed by atoms with van der Waals surface area (Å²) in [6, 6.07) is 11.7. The average molecular weight is 374 g/mol. The van der Waals surface area contributed by atoms with Gasteiger partial charge >= 0.3 is 0 Å².